The Morgan fingerprint density at radius 3 is 2.83 bits per heavy atom. The molecule has 1 amide bonds. The lowest BCUT2D eigenvalue weighted by Crippen LogP contribution is -2.24. The van der Waals surface area contributed by atoms with Gasteiger partial charge >= 0.3 is 5.97 Å². The van der Waals surface area contributed by atoms with Gasteiger partial charge in [-0.25, -0.2) is 4.79 Å². The Bertz CT molecular complexity index is 522. The first-order valence-electron chi connectivity index (χ1n) is 5.76. The van der Waals surface area contributed by atoms with Gasteiger partial charge in [-0.05, 0) is 25.0 Å². The summed E-state index contributed by atoms with van der Waals surface area (Å²) in [5.41, 5.74) is 1.50. The average molecular weight is 247 g/mol. The maximum atomic E-state index is 11.9. The number of aryl methyl sites for hydroxylation is 1. The number of hydrogen-bond donors (Lipinski definition) is 1. The summed E-state index contributed by atoms with van der Waals surface area (Å²) in [5, 5.41) is 2.64. The predicted molar refractivity (Wildman–Crippen MR) is 64.4 cm³/mol. The molecule has 1 N–H and O–H groups in total. The fraction of sp³-hybridized carbons (Fsp3) is 0.308. The topological polar surface area (TPSA) is 72.5 Å². The number of esters is 1. The Kier molecular flexibility index (Phi) is 3.41. The minimum absolute atomic E-state index is 0.145. The van der Waals surface area contributed by atoms with Gasteiger partial charge < -0.3 is 10.1 Å². The highest BCUT2D eigenvalue weighted by Crippen LogP contribution is 2.27. The number of carbonyl (C=O) groups is 3. The number of rotatable bonds is 3. The second-order valence-electron chi connectivity index (χ2n) is 3.94. The number of carbonyl (C=O) groups excluding carboxylic acids is 3. The number of ketones is 1. The lowest BCUT2D eigenvalue weighted by atomic mass is 9.97. The van der Waals surface area contributed by atoms with Crippen LogP contribution in [0.15, 0.2) is 18.2 Å². The van der Waals surface area contributed by atoms with Crippen LogP contribution in [0.1, 0.15) is 29.3 Å². The van der Waals surface area contributed by atoms with Crippen molar-refractivity contribution in [1.82, 2.24) is 0 Å². The van der Waals surface area contributed by atoms with Crippen LogP contribution in [-0.4, -0.2) is 24.3 Å². The van der Waals surface area contributed by atoms with Gasteiger partial charge in [0.25, 0.3) is 5.78 Å². The van der Waals surface area contributed by atoms with Crippen molar-refractivity contribution in [1.29, 1.82) is 0 Å². The zero-order valence-electron chi connectivity index (χ0n) is 9.99. The molecule has 0 saturated carbocycles. The van der Waals surface area contributed by atoms with Crippen LogP contribution < -0.4 is 5.32 Å². The highest BCUT2D eigenvalue weighted by atomic mass is 16.5. The highest BCUT2D eigenvalue weighted by Gasteiger charge is 2.25. The molecular weight excluding hydrogens is 234 g/mol. The van der Waals surface area contributed by atoms with Gasteiger partial charge in [0.2, 0.25) is 5.91 Å². The normalized spacial score (nSPS) is 13.5. The number of anilines is 1. The van der Waals surface area contributed by atoms with Crippen LogP contribution in [0.4, 0.5) is 5.69 Å². The Balaban J connectivity index is 2.37. The van der Waals surface area contributed by atoms with Crippen molar-refractivity contribution in [3.63, 3.8) is 0 Å². The van der Waals surface area contributed by atoms with E-state index in [4.69, 9.17) is 0 Å². The van der Waals surface area contributed by atoms with Gasteiger partial charge in [-0.2, -0.15) is 0 Å². The van der Waals surface area contributed by atoms with E-state index in [0.29, 0.717) is 18.5 Å². The molecule has 0 aromatic heterocycles. The molecule has 1 aromatic rings. The molecule has 2 rings (SSSR count). The number of ether oxygens (including phenoxy) is 1. The SMILES string of the molecule is CCOC(=O)C(=O)c1cccc2c1NC(=O)CC2. The van der Waals surface area contributed by atoms with Gasteiger partial charge in [0.1, 0.15) is 0 Å². The summed E-state index contributed by atoms with van der Waals surface area (Å²) in [7, 11) is 0. The number of amides is 1. The van der Waals surface area contributed by atoms with Crippen LogP contribution in [0, 0.1) is 0 Å². The molecule has 1 aliphatic heterocycles. The fourth-order valence-corrected chi connectivity index (χ4v) is 1.90. The standard InChI is InChI=1S/C13H13NO4/c1-2-18-13(17)12(16)9-5-3-4-8-6-7-10(15)14-11(8)9/h3-5H,2,6-7H2,1H3,(H,14,15). The fourth-order valence-electron chi connectivity index (χ4n) is 1.90. The summed E-state index contributed by atoms with van der Waals surface area (Å²) in [5.74, 6) is -1.77. The highest BCUT2D eigenvalue weighted by molar-refractivity contribution is 6.42. The molecule has 0 aliphatic carbocycles. The minimum Gasteiger partial charge on any atom is -0.460 e. The second-order valence-corrected chi connectivity index (χ2v) is 3.94. The smallest absolute Gasteiger partial charge is 0.379 e. The third kappa shape index (κ3) is 2.25. The lowest BCUT2D eigenvalue weighted by molar-refractivity contribution is -0.137. The summed E-state index contributed by atoms with van der Waals surface area (Å²) in [6.45, 7) is 1.78. The third-order valence-corrected chi connectivity index (χ3v) is 2.74. The average Bonchev–Trinajstić information content (AvgIpc) is 2.37. The van der Waals surface area contributed by atoms with E-state index in [1.165, 1.54) is 6.07 Å². The zero-order valence-corrected chi connectivity index (χ0v) is 9.99. The number of Topliss-reactive ketones (excluding diaryl/α,β-unsaturated/α-hetero) is 1. The van der Waals surface area contributed by atoms with Gasteiger partial charge in [0.15, 0.2) is 0 Å². The molecule has 5 heteroatoms. The molecule has 0 radical (unpaired) electrons. The molecule has 0 bridgehead atoms. The summed E-state index contributed by atoms with van der Waals surface area (Å²) in [6, 6.07) is 5.04. The summed E-state index contributed by atoms with van der Waals surface area (Å²) in [4.78, 5) is 34.7. The van der Waals surface area contributed by atoms with Crippen molar-refractivity contribution < 1.29 is 19.1 Å². The Morgan fingerprint density at radius 2 is 2.11 bits per heavy atom. The quantitative estimate of drug-likeness (QED) is 0.496. The maximum absolute atomic E-state index is 11.9. The van der Waals surface area contributed by atoms with E-state index < -0.39 is 11.8 Å². The largest absolute Gasteiger partial charge is 0.460 e. The van der Waals surface area contributed by atoms with Gasteiger partial charge in [-0.1, -0.05) is 12.1 Å². The Hall–Kier alpha value is -2.17. The van der Waals surface area contributed by atoms with Gasteiger partial charge in [0.05, 0.1) is 17.9 Å². The van der Waals surface area contributed by atoms with Crippen molar-refractivity contribution >= 4 is 23.3 Å². The molecule has 0 atom stereocenters. The number of hydrogen-bond acceptors (Lipinski definition) is 4. The molecule has 1 aliphatic rings. The lowest BCUT2D eigenvalue weighted by Gasteiger charge is -2.19. The number of nitrogens with one attached hydrogen (secondary N) is 1. The van der Waals surface area contributed by atoms with E-state index in [1.54, 1.807) is 13.0 Å². The molecule has 94 valence electrons. The van der Waals surface area contributed by atoms with Crippen molar-refractivity contribution in [2.24, 2.45) is 0 Å². The van der Waals surface area contributed by atoms with E-state index in [0.717, 1.165) is 5.56 Å². The van der Waals surface area contributed by atoms with Crippen LogP contribution in [0.3, 0.4) is 0 Å². The Morgan fingerprint density at radius 1 is 1.33 bits per heavy atom. The van der Waals surface area contributed by atoms with Crippen LogP contribution in [0.2, 0.25) is 0 Å². The van der Waals surface area contributed by atoms with Gasteiger partial charge in [-0.15, -0.1) is 0 Å². The van der Waals surface area contributed by atoms with E-state index >= 15 is 0 Å². The van der Waals surface area contributed by atoms with Crippen LogP contribution in [0.25, 0.3) is 0 Å². The van der Waals surface area contributed by atoms with E-state index in [9.17, 15) is 14.4 Å². The Labute approximate surface area is 104 Å². The van der Waals surface area contributed by atoms with Crippen molar-refractivity contribution in [2.45, 2.75) is 19.8 Å². The number of para-hydroxylation sites is 1. The van der Waals surface area contributed by atoms with E-state index in [1.807, 2.05) is 6.07 Å². The molecule has 0 fully saturated rings. The monoisotopic (exact) mass is 247 g/mol. The summed E-state index contributed by atoms with van der Waals surface area (Å²) in [6.07, 6.45) is 0.967. The maximum Gasteiger partial charge on any atom is 0.379 e. The zero-order chi connectivity index (χ0) is 13.1. The van der Waals surface area contributed by atoms with E-state index in [-0.39, 0.29) is 18.1 Å². The van der Waals surface area contributed by atoms with Crippen molar-refractivity contribution in [3.05, 3.63) is 29.3 Å². The number of fused-ring (bicyclic) bond motifs is 1. The molecule has 5 nitrogen and oxygen atoms in total. The molecule has 0 spiro atoms. The van der Waals surface area contributed by atoms with Crippen LogP contribution in [-0.2, 0) is 20.7 Å². The van der Waals surface area contributed by atoms with Crippen LogP contribution in [0.5, 0.6) is 0 Å². The number of benzene rings is 1. The molecule has 0 saturated heterocycles. The predicted octanol–water partition coefficient (Wildman–Crippen LogP) is 1.32. The van der Waals surface area contributed by atoms with Gasteiger partial charge in [0, 0.05) is 6.42 Å². The van der Waals surface area contributed by atoms with E-state index in [2.05, 4.69) is 10.1 Å². The molecule has 0 unspecified atom stereocenters. The van der Waals surface area contributed by atoms with Crippen molar-refractivity contribution in [2.75, 3.05) is 11.9 Å². The first-order valence-corrected chi connectivity index (χ1v) is 5.76. The molecule has 18 heavy (non-hydrogen) atoms. The first-order chi connectivity index (χ1) is 8.63. The first kappa shape index (κ1) is 12.3. The van der Waals surface area contributed by atoms with Gasteiger partial charge in [-0.3, -0.25) is 9.59 Å². The van der Waals surface area contributed by atoms with Crippen LogP contribution >= 0.6 is 0 Å². The summed E-state index contributed by atoms with van der Waals surface area (Å²) < 4.78 is 4.67. The molecular formula is C13H13NO4. The third-order valence-electron chi connectivity index (χ3n) is 2.74. The molecule has 1 aromatic carbocycles. The molecule has 1 heterocycles. The van der Waals surface area contributed by atoms with Crippen molar-refractivity contribution in [3.8, 4) is 0 Å². The second kappa shape index (κ2) is 5.00. The summed E-state index contributed by atoms with van der Waals surface area (Å²) >= 11 is 0. The minimum atomic E-state index is -0.897.